The maximum absolute atomic E-state index is 14.5. The molecule has 5 aromatic rings. The Morgan fingerprint density at radius 3 is 2.49 bits per heavy atom. The Bertz CT molecular complexity index is 1970. The van der Waals surface area contributed by atoms with Crippen molar-refractivity contribution in [3.05, 3.63) is 112 Å². The number of carbonyl (C=O) groups is 2. The summed E-state index contributed by atoms with van der Waals surface area (Å²) in [5, 5.41) is 11.4. The van der Waals surface area contributed by atoms with E-state index in [2.05, 4.69) is 15.2 Å². The first kappa shape index (κ1) is 30.7. The highest BCUT2D eigenvalue weighted by atomic mass is 35.5. The smallest absolute Gasteiger partial charge is 0.334 e. The molecule has 2 aliphatic rings. The highest BCUT2D eigenvalue weighted by Gasteiger charge is 2.48. The first-order valence-corrected chi connectivity index (χ1v) is 15.5. The lowest BCUT2D eigenvalue weighted by molar-refractivity contribution is -0.137. The molecule has 9 nitrogen and oxygen atoms in total. The molecule has 0 radical (unpaired) electrons. The van der Waals surface area contributed by atoms with Gasteiger partial charge in [-0.15, -0.1) is 0 Å². The summed E-state index contributed by atoms with van der Waals surface area (Å²) in [4.78, 5) is 35.8. The van der Waals surface area contributed by atoms with Crippen LogP contribution in [0, 0.1) is 12.8 Å². The van der Waals surface area contributed by atoms with Gasteiger partial charge in [-0.1, -0.05) is 41.9 Å². The Morgan fingerprint density at radius 2 is 1.81 bits per heavy atom. The molecular formula is C34H29ClF3N7O2. The molecule has 3 aromatic carbocycles. The van der Waals surface area contributed by atoms with Crippen molar-refractivity contribution in [1.82, 2.24) is 29.9 Å². The number of nitrogens with zero attached hydrogens (tertiary/aromatic N) is 6. The minimum Gasteiger partial charge on any atom is -0.334 e. The van der Waals surface area contributed by atoms with Crippen molar-refractivity contribution >= 4 is 34.9 Å². The Morgan fingerprint density at radius 1 is 1.06 bits per heavy atom. The number of carbonyl (C=O) groups excluding carboxylic acids is 2. The zero-order valence-electron chi connectivity index (χ0n) is 25.4. The van der Waals surface area contributed by atoms with Crippen molar-refractivity contribution in [1.29, 1.82) is 0 Å². The van der Waals surface area contributed by atoms with Crippen LogP contribution in [-0.4, -0.2) is 54.3 Å². The molecule has 3 atom stereocenters. The number of hydrogen-bond donors (Lipinski definition) is 1. The van der Waals surface area contributed by atoms with Gasteiger partial charge in [0.25, 0.3) is 5.91 Å². The molecule has 2 unspecified atom stereocenters. The zero-order valence-corrected chi connectivity index (χ0v) is 26.1. The van der Waals surface area contributed by atoms with Crippen LogP contribution < -0.4 is 4.90 Å². The number of alkyl halides is 3. The molecule has 240 valence electrons. The van der Waals surface area contributed by atoms with E-state index in [1.807, 2.05) is 61.5 Å². The van der Waals surface area contributed by atoms with Gasteiger partial charge in [0.05, 0.1) is 34.4 Å². The monoisotopic (exact) mass is 659 g/mol. The number of aryl methyl sites for hydroxylation is 1. The van der Waals surface area contributed by atoms with E-state index < -0.39 is 40.7 Å². The fourth-order valence-corrected chi connectivity index (χ4v) is 6.79. The molecular weight excluding hydrogens is 631 g/mol. The van der Waals surface area contributed by atoms with Crippen LogP contribution in [-0.2, 0) is 17.4 Å². The van der Waals surface area contributed by atoms with Crippen LogP contribution in [0.4, 0.5) is 24.7 Å². The Hall–Kier alpha value is -4.97. The minimum absolute atomic E-state index is 0.0940. The van der Waals surface area contributed by atoms with Crippen LogP contribution in [0.2, 0.25) is 5.02 Å². The van der Waals surface area contributed by atoms with Gasteiger partial charge in [0.15, 0.2) is 5.82 Å². The van der Waals surface area contributed by atoms with Gasteiger partial charge in [-0.3, -0.25) is 19.6 Å². The molecule has 1 saturated heterocycles. The average molecular weight is 660 g/mol. The maximum Gasteiger partial charge on any atom is 0.417 e. The van der Waals surface area contributed by atoms with Gasteiger partial charge >= 0.3 is 6.18 Å². The van der Waals surface area contributed by atoms with Gasteiger partial charge in [-0.05, 0) is 68.3 Å². The molecule has 7 rings (SSSR count). The molecule has 13 heteroatoms. The van der Waals surface area contributed by atoms with Gasteiger partial charge in [0, 0.05) is 35.7 Å². The number of piperidine rings is 1. The third kappa shape index (κ3) is 5.56. The number of nitrogens with one attached hydrogen (secondary N) is 1. The van der Waals surface area contributed by atoms with Crippen molar-refractivity contribution < 1.29 is 22.8 Å². The molecule has 2 amide bonds. The summed E-state index contributed by atoms with van der Waals surface area (Å²) < 4.78 is 42.6. The molecule has 0 spiro atoms. The van der Waals surface area contributed by atoms with E-state index in [9.17, 15) is 22.8 Å². The molecule has 2 aliphatic heterocycles. The molecule has 0 saturated carbocycles. The zero-order chi connectivity index (χ0) is 33.0. The third-order valence-corrected chi connectivity index (χ3v) is 9.21. The minimum atomic E-state index is -4.71. The molecule has 0 aliphatic carbocycles. The number of rotatable bonds is 5. The lowest BCUT2D eigenvalue weighted by Gasteiger charge is -2.47. The first-order chi connectivity index (χ1) is 22.5. The highest BCUT2D eigenvalue weighted by molar-refractivity contribution is 6.31. The number of H-pyrrole nitrogens is 1. The van der Waals surface area contributed by atoms with Gasteiger partial charge in [0.1, 0.15) is 11.6 Å². The number of aromatic amines is 1. The molecule has 4 heterocycles. The predicted octanol–water partition coefficient (Wildman–Crippen LogP) is 7.01. The van der Waals surface area contributed by atoms with E-state index in [-0.39, 0.29) is 18.0 Å². The summed E-state index contributed by atoms with van der Waals surface area (Å²) in [7, 11) is 0. The van der Waals surface area contributed by atoms with Crippen molar-refractivity contribution in [2.75, 3.05) is 11.4 Å². The summed E-state index contributed by atoms with van der Waals surface area (Å²) in [5.74, 6) is 0.591. The van der Waals surface area contributed by atoms with Gasteiger partial charge in [0.2, 0.25) is 5.91 Å². The van der Waals surface area contributed by atoms with E-state index >= 15 is 0 Å². The van der Waals surface area contributed by atoms with Crippen LogP contribution in [0.25, 0.3) is 11.4 Å². The summed E-state index contributed by atoms with van der Waals surface area (Å²) in [5.41, 5.74) is 2.09. The first-order valence-electron chi connectivity index (χ1n) is 15.1. The number of halogens is 4. The second kappa shape index (κ2) is 11.7. The largest absolute Gasteiger partial charge is 0.417 e. The average Bonchev–Trinajstić information content (AvgIpc) is 3.67. The number of benzene rings is 3. The van der Waals surface area contributed by atoms with Crippen molar-refractivity contribution in [3.8, 4) is 11.4 Å². The Labute approximate surface area is 273 Å². The van der Waals surface area contributed by atoms with Gasteiger partial charge in [-0.25, -0.2) is 9.67 Å². The van der Waals surface area contributed by atoms with Crippen LogP contribution in [0.15, 0.2) is 79.0 Å². The number of aromatic nitrogens is 5. The number of amides is 2. The van der Waals surface area contributed by atoms with Crippen molar-refractivity contribution in [2.24, 2.45) is 5.92 Å². The van der Waals surface area contributed by atoms with E-state index in [1.165, 1.54) is 11.0 Å². The summed E-state index contributed by atoms with van der Waals surface area (Å²) in [6, 6.07) is 19.5. The fraction of sp³-hybridized carbons (Fsp3) is 0.265. The standard InChI is InChI=1S/C34H29ClF3N7O2/c1-19-14-26-29(18-43(19)32(46)23-10-13-28(35)27(16-23)34(36,37)38)45-31(24(17-39-45)15-21-6-4-3-5-7-21)44(33(26)47)25-11-8-22(9-12-25)30-40-20(2)41-42-30/h3-13,16-17,19,26,29H,14-15,18H2,1-2H3,(H,40,41,42)/t19-,26?,29?/m0/s1. The Balaban J connectivity index is 1.27. The quantitative estimate of drug-likeness (QED) is 0.219. The Kier molecular flexibility index (Phi) is 7.62. The predicted molar refractivity (Wildman–Crippen MR) is 169 cm³/mol. The fourth-order valence-electron chi connectivity index (χ4n) is 6.57. The SMILES string of the molecule is Cc1nc(-c2ccc(N3C(=O)C4C[C@H](C)N(C(=O)c5ccc(Cl)c(C(F)(F)F)c5)CC4n4ncc(Cc5ccccc5)c43)cc2)n[nH]1. The molecule has 0 bridgehead atoms. The molecule has 1 fully saturated rings. The maximum atomic E-state index is 14.5. The van der Waals surface area contributed by atoms with Crippen LogP contribution >= 0.6 is 11.6 Å². The third-order valence-electron chi connectivity index (χ3n) is 8.88. The van der Waals surface area contributed by atoms with Gasteiger partial charge in [-0.2, -0.15) is 23.4 Å². The van der Waals surface area contributed by atoms with E-state index in [0.29, 0.717) is 36.0 Å². The van der Waals surface area contributed by atoms with Crippen LogP contribution in [0.5, 0.6) is 0 Å². The number of hydrogen-bond acceptors (Lipinski definition) is 5. The normalized spacial score (nSPS) is 19.4. The van der Waals surface area contributed by atoms with Crippen LogP contribution in [0.1, 0.15) is 52.3 Å². The highest BCUT2D eigenvalue weighted by Crippen LogP contribution is 2.45. The number of likely N-dealkylation sites (tertiary alicyclic amines) is 1. The van der Waals surface area contributed by atoms with E-state index in [0.717, 1.165) is 28.8 Å². The molecule has 47 heavy (non-hydrogen) atoms. The van der Waals surface area contributed by atoms with Gasteiger partial charge < -0.3 is 4.90 Å². The lowest BCUT2D eigenvalue weighted by atomic mass is 9.84. The van der Waals surface area contributed by atoms with Crippen molar-refractivity contribution in [2.45, 2.75) is 44.9 Å². The summed E-state index contributed by atoms with van der Waals surface area (Å²) in [6.45, 7) is 3.72. The van der Waals surface area contributed by atoms with E-state index in [1.54, 1.807) is 22.7 Å². The molecule has 1 N–H and O–H groups in total. The van der Waals surface area contributed by atoms with Crippen molar-refractivity contribution in [3.63, 3.8) is 0 Å². The second-order valence-corrected chi connectivity index (χ2v) is 12.4. The second-order valence-electron chi connectivity index (χ2n) is 12.0. The summed E-state index contributed by atoms with van der Waals surface area (Å²) in [6.07, 6.45) is -2.16. The molecule has 2 aromatic heterocycles. The lowest BCUT2D eigenvalue weighted by Crippen LogP contribution is -2.56. The summed E-state index contributed by atoms with van der Waals surface area (Å²) >= 11 is 5.82. The number of fused-ring (bicyclic) bond motifs is 3. The topological polar surface area (TPSA) is 100 Å². The van der Waals surface area contributed by atoms with Crippen LogP contribution in [0.3, 0.4) is 0 Å². The number of anilines is 2. The van der Waals surface area contributed by atoms with E-state index in [4.69, 9.17) is 16.7 Å².